The van der Waals surface area contributed by atoms with Gasteiger partial charge in [-0.2, -0.15) is 0 Å². The molecule has 9 heteroatoms. The van der Waals surface area contributed by atoms with Crippen LogP contribution in [0.15, 0.2) is 24.3 Å². The molecule has 4 fully saturated rings. The largest absolute Gasteiger partial charge is 0.497 e. The minimum atomic E-state index is -2.19. The van der Waals surface area contributed by atoms with Gasteiger partial charge in [-0.05, 0) is 35.8 Å². The third-order valence-electron chi connectivity index (χ3n) is 6.88. The Morgan fingerprint density at radius 3 is 2.03 bits per heavy atom. The summed E-state index contributed by atoms with van der Waals surface area (Å²) in [6.07, 6.45) is -4.68. The van der Waals surface area contributed by atoms with Crippen molar-refractivity contribution in [2.75, 3.05) is 13.7 Å². The topological polar surface area (TPSA) is 95.8 Å². The number of benzene rings is 1. The van der Waals surface area contributed by atoms with Gasteiger partial charge in [0.05, 0.1) is 13.7 Å². The Kier molecular flexibility index (Phi) is 6.02. The van der Waals surface area contributed by atoms with Crippen molar-refractivity contribution in [3.8, 4) is 5.75 Å². The number of aliphatic hydroxyl groups excluding tert-OH is 2. The van der Waals surface area contributed by atoms with Crippen molar-refractivity contribution in [1.82, 2.24) is 0 Å². The summed E-state index contributed by atoms with van der Waals surface area (Å²) in [5.74, 6) is -0.686. The van der Waals surface area contributed by atoms with Crippen LogP contribution >= 0.6 is 0 Å². The maximum absolute atomic E-state index is 10.8. The molecule has 3 heterocycles. The van der Waals surface area contributed by atoms with Crippen molar-refractivity contribution in [2.24, 2.45) is 0 Å². The van der Waals surface area contributed by atoms with E-state index in [1.165, 1.54) is 0 Å². The smallest absolute Gasteiger partial charge is 0.309 e. The molecule has 3 unspecified atom stereocenters. The van der Waals surface area contributed by atoms with Gasteiger partial charge in [0.2, 0.25) is 0 Å². The van der Waals surface area contributed by atoms with E-state index in [0.29, 0.717) is 6.61 Å². The van der Waals surface area contributed by atoms with Crippen LogP contribution in [0.3, 0.4) is 0 Å². The molecule has 1 aromatic rings. The van der Waals surface area contributed by atoms with E-state index in [0.717, 1.165) is 11.3 Å². The van der Waals surface area contributed by atoms with E-state index in [2.05, 4.69) is 33.9 Å². The number of ether oxygens (including phenoxy) is 5. The van der Waals surface area contributed by atoms with Crippen molar-refractivity contribution in [3.63, 3.8) is 0 Å². The lowest BCUT2D eigenvalue weighted by Crippen LogP contribution is -2.80. The highest BCUT2D eigenvalue weighted by atomic mass is 28.4. The molecule has 7 atom stereocenters. The Hall–Kier alpha value is -1.04. The van der Waals surface area contributed by atoms with Crippen LogP contribution in [-0.4, -0.2) is 74.8 Å². The van der Waals surface area contributed by atoms with Gasteiger partial charge in [-0.15, -0.1) is 0 Å². The minimum absolute atomic E-state index is 0.00871. The lowest BCUT2D eigenvalue weighted by atomic mass is 9.82. The molecule has 3 aliphatic heterocycles. The maximum atomic E-state index is 10.8. The van der Waals surface area contributed by atoms with E-state index in [9.17, 15) is 10.2 Å². The first-order chi connectivity index (χ1) is 14.5. The zero-order valence-electron chi connectivity index (χ0n) is 19.0. The molecule has 0 amide bonds. The fraction of sp³-hybridized carbons (Fsp3) is 0.727. The van der Waals surface area contributed by atoms with Crippen LogP contribution in [0.25, 0.3) is 0 Å². The SMILES string of the molecule is COc1ccc(COCC23OC4[C@H](O)[C@H](O2)C(O[Si](C)(C)C(C)(C)C)[C@H](O3)[C@H]4O)cc1. The molecular formula is C22H34O8Si. The Morgan fingerprint density at radius 1 is 0.968 bits per heavy atom. The molecule has 1 aliphatic carbocycles. The zero-order chi connectivity index (χ0) is 22.6. The second-order valence-electron chi connectivity index (χ2n) is 10.1. The summed E-state index contributed by atoms with van der Waals surface area (Å²) in [5, 5.41) is 21.5. The van der Waals surface area contributed by atoms with Crippen molar-refractivity contribution in [2.45, 2.75) is 88.1 Å². The van der Waals surface area contributed by atoms with Gasteiger partial charge in [-0.25, -0.2) is 0 Å². The van der Waals surface area contributed by atoms with E-state index in [1.807, 2.05) is 24.3 Å². The number of hydrogen-bond donors (Lipinski definition) is 2. The number of hydrogen-bond acceptors (Lipinski definition) is 8. The lowest BCUT2D eigenvalue weighted by molar-refractivity contribution is -0.542. The third kappa shape index (κ3) is 4.18. The highest BCUT2D eigenvalue weighted by Gasteiger charge is 2.68. The van der Waals surface area contributed by atoms with Crippen LogP contribution in [0, 0.1) is 0 Å². The molecule has 8 nitrogen and oxygen atoms in total. The molecular weight excluding hydrogens is 420 g/mol. The van der Waals surface area contributed by atoms with Gasteiger partial charge in [0, 0.05) is 0 Å². The summed E-state index contributed by atoms with van der Waals surface area (Å²) in [7, 11) is -0.570. The van der Waals surface area contributed by atoms with Crippen LogP contribution in [0.2, 0.25) is 18.1 Å². The molecule has 0 radical (unpaired) electrons. The summed E-state index contributed by atoms with van der Waals surface area (Å²) in [6, 6.07) is 7.56. The fourth-order valence-electron chi connectivity index (χ4n) is 4.04. The predicted octanol–water partition coefficient (Wildman–Crippen LogP) is 2.17. The third-order valence-corrected chi connectivity index (χ3v) is 11.4. The number of methoxy groups -OCH3 is 1. The van der Waals surface area contributed by atoms with Gasteiger partial charge in [0.25, 0.3) is 0 Å². The van der Waals surface area contributed by atoms with Crippen LogP contribution in [0.1, 0.15) is 26.3 Å². The molecule has 174 valence electrons. The highest BCUT2D eigenvalue weighted by molar-refractivity contribution is 6.74. The van der Waals surface area contributed by atoms with Crippen LogP contribution in [-0.2, 0) is 30.0 Å². The molecule has 2 N–H and O–H groups in total. The fourth-order valence-corrected chi connectivity index (χ4v) is 5.34. The Labute approximate surface area is 184 Å². The molecule has 5 rings (SSSR count). The molecule has 31 heavy (non-hydrogen) atoms. The summed E-state index contributed by atoms with van der Waals surface area (Å²) in [6.45, 7) is 11.0. The van der Waals surface area contributed by atoms with Gasteiger partial charge in [0.15, 0.2) is 8.32 Å². The van der Waals surface area contributed by atoms with Crippen LogP contribution in [0.4, 0.5) is 0 Å². The van der Waals surface area contributed by atoms with Gasteiger partial charge >= 0.3 is 5.97 Å². The Morgan fingerprint density at radius 2 is 1.52 bits per heavy atom. The van der Waals surface area contributed by atoms with E-state index in [4.69, 9.17) is 28.1 Å². The second kappa shape index (κ2) is 8.07. The Balaban J connectivity index is 1.45. The van der Waals surface area contributed by atoms with Crippen molar-refractivity contribution >= 4 is 8.32 Å². The van der Waals surface area contributed by atoms with Crippen LogP contribution in [0.5, 0.6) is 5.75 Å². The molecule has 3 saturated heterocycles. The van der Waals surface area contributed by atoms with E-state index in [-0.39, 0.29) is 11.6 Å². The quantitative estimate of drug-likeness (QED) is 0.606. The maximum Gasteiger partial charge on any atom is 0.309 e. The van der Waals surface area contributed by atoms with Gasteiger partial charge in [-0.3, -0.25) is 0 Å². The van der Waals surface area contributed by atoms with Crippen molar-refractivity contribution in [1.29, 1.82) is 0 Å². The molecule has 4 aliphatic rings. The zero-order valence-corrected chi connectivity index (χ0v) is 20.0. The summed E-state index contributed by atoms with van der Waals surface area (Å²) >= 11 is 0. The molecule has 4 bridgehead atoms. The summed E-state index contributed by atoms with van der Waals surface area (Å²) < 4.78 is 35.5. The Bertz CT molecular complexity index is 757. The summed E-state index contributed by atoms with van der Waals surface area (Å²) in [4.78, 5) is 0. The molecule has 0 aromatic heterocycles. The standard InChI is InChI=1S/C22H34O8Si/c1-21(2,3)31(5,6)30-20-18-15(23)17-16(24)19(20)29-22(27-17,28-18)12-26-11-13-7-9-14(25-4)10-8-13/h7-10,15-20,23-24H,11-12H2,1-6H3/t15-,16-,17?,18-,19+,20?,22?/m0/s1. The van der Waals surface area contributed by atoms with E-state index < -0.39 is 50.9 Å². The predicted molar refractivity (Wildman–Crippen MR) is 114 cm³/mol. The lowest BCUT2D eigenvalue weighted by Gasteiger charge is -2.62. The molecule has 1 saturated carbocycles. The highest BCUT2D eigenvalue weighted by Crippen LogP contribution is 2.48. The van der Waals surface area contributed by atoms with Crippen LogP contribution < -0.4 is 4.74 Å². The normalized spacial score (nSPS) is 37.3. The van der Waals surface area contributed by atoms with Crippen molar-refractivity contribution < 1.29 is 38.3 Å². The summed E-state index contributed by atoms with van der Waals surface area (Å²) in [5.41, 5.74) is 0.963. The first kappa shape index (κ1) is 23.1. The van der Waals surface area contributed by atoms with Crippen molar-refractivity contribution in [3.05, 3.63) is 29.8 Å². The van der Waals surface area contributed by atoms with E-state index in [1.54, 1.807) is 7.11 Å². The number of aliphatic hydroxyl groups is 2. The first-order valence-corrected chi connectivity index (χ1v) is 13.7. The monoisotopic (exact) mass is 454 g/mol. The van der Waals surface area contributed by atoms with E-state index >= 15 is 0 Å². The first-order valence-electron chi connectivity index (χ1n) is 10.7. The minimum Gasteiger partial charge on any atom is -0.497 e. The molecule has 0 spiro atoms. The van der Waals surface area contributed by atoms with Gasteiger partial charge < -0.3 is 38.3 Å². The second-order valence-corrected chi connectivity index (χ2v) is 14.9. The number of rotatable bonds is 7. The average Bonchev–Trinajstić information content (AvgIpc) is 2.70. The van der Waals surface area contributed by atoms with Gasteiger partial charge in [-0.1, -0.05) is 32.9 Å². The average molecular weight is 455 g/mol. The van der Waals surface area contributed by atoms with Gasteiger partial charge in [0.1, 0.15) is 49.0 Å². The molecule has 1 aromatic carbocycles.